The SMILES string of the molecule is COc1ccc(C2(C3CCN(C(C)CCN)CC3)Oc3ccccc3O2)cc1. The van der Waals surface area contributed by atoms with Crippen molar-refractivity contribution in [3.63, 3.8) is 0 Å². The molecule has 5 heteroatoms. The van der Waals surface area contributed by atoms with Gasteiger partial charge in [0, 0.05) is 17.5 Å². The molecule has 2 aromatic rings. The highest BCUT2D eigenvalue weighted by molar-refractivity contribution is 5.45. The average molecular weight is 383 g/mol. The van der Waals surface area contributed by atoms with Crippen molar-refractivity contribution in [2.75, 3.05) is 26.7 Å². The molecule has 4 rings (SSSR count). The topological polar surface area (TPSA) is 57.0 Å². The molecule has 0 saturated carbocycles. The summed E-state index contributed by atoms with van der Waals surface area (Å²) < 4.78 is 18.4. The number of fused-ring (bicyclic) bond motifs is 1. The first kappa shape index (κ1) is 19.1. The molecule has 0 radical (unpaired) electrons. The molecule has 2 N–H and O–H groups in total. The Hall–Kier alpha value is -2.24. The number of hydrogen-bond acceptors (Lipinski definition) is 5. The van der Waals surface area contributed by atoms with E-state index in [1.807, 2.05) is 36.4 Å². The van der Waals surface area contributed by atoms with Gasteiger partial charge in [0.05, 0.1) is 7.11 Å². The Bertz CT molecular complexity index is 760. The Labute approximate surface area is 167 Å². The number of nitrogens with two attached hydrogens (primary N) is 1. The van der Waals surface area contributed by atoms with Crippen molar-refractivity contribution in [3.8, 4) is 17.2 Å². The summed E-state index contributed by atoms with van der Waals surface area (Å²) in [6.45, 7) is 5.07. The minimum absolute atomic E-state index is 0.273. The summed E-state index contributed by atoms with van der Waals surface area (Å²) in [5, 5.41) is 0. The van der Waals surface area contributed by atoms with Crippen LogP contribution in [0.4, 0.5) is 0 Å². The zero-order valence-electron chi connectivity index (χ0n) is 16.8. The second-order valence-corrected chi connectivity index (χ2v) is 7.78. The van der Waals surface area contributed by atoms with E-state index >= 15 is 0 Å². The molecule has 28 heavy (non-hydrogen) atoms. The maximum Gasteiger partial charge on any atom is 0.281 e. The number of piperidine rings is 1. The van der Waals surface area contributed by atoms with Crippen LogP contribution in [-0.2, 0) is 5.79 Å². The first-order valence-corrected chi connectivity index (χ1v) is 10.2. The van der Waals surface area contributed by atoms with E-state index in [2.05, 4.69) is 24.0 Å². The third-order valence-corrected chi connectivity index (χ3v) is 6.14. The van der Waals surface area contributed by atoms with Crippen LogP contribution < -0.4 is 19.9 Å². The van der Waals surface area contributed by atoms with Gasteiger partial charge in [-0.2, -0.15) is 0 Å². The normalized spacial score (nSPS) is 20.1. The van der Waals surface area contributed by atoms with Crippen LogP contribution in [0.5, 0.6) is 17.2 Å². The van der Waals surface area contributed by atoms with Crippen LogP contribution in [0.25, 0.3) is 0 Å². The molecule has 0 aliphatic carbocycles. The Morgan fingerprint density at radius 1 is 1.07 bits per heavy atom. The van der Waals surface area contributed by atoms with Crippen molar-refractivity contribution >= 4 is 0 Å². The molecule has 5 nitrogen and oxygen atoms in total. The van der Waals surface area contributed by atoms with Gasteiger partial charge >= 0.3 is 0 Å². The summed E-state index contributed by atoms with van der Waals surface area (Å²) in [5.41, 5.74) is 6.80. The molecule has 1 unspecified atom stereocenters. The van der Waals surface area contributed by atoms with Crippen LogP contribution in [0.1, 0.15) is 31.7 Å². The number of para-hydroxylation sites is 2. The minimum atomic E-state index is -0.779. The third kappa shape index (κ3) is 3.45. The van der Waals surface area contributed by atoms with Crippen molar-refractivity contribution in [1.29, 1.82) is 0 Å². The number of benzene rings is 2. The quantitative estimate of drug-likeness (QED) is 0.824. The van der Waals surface area contributed by atoms with Gasteiger partial charge in [0.25, 0.3) is 5.79 Å². The van der Waals surface area contributed by atoms with Crippen molar-refractivity contribution in [1.82, 2.24) is 4.90 Å². The van der Waals surface area contributed by atoms with Gasteiger partial charge in [0.2, 0.25) is 0 Å². The fourth-order valence-corrected chi connectivity index (χ4v) is 4.45. The summed E-state index contributed by atoms with van der Waals surface area (Å²) in [6.07, 6.45) is 3.08. The van der Waals surface area contributed by atoms with Gasteiger partial charge in [-0.25, -0.2) is 0 Å². The Balaban J connectivity index is 1.60. The van der Waals surface area contributed by atoms with Crippen LogP contribution in [0.15, 0.2) is 48.5 Å². The molecule has 0 amide bonds. The van der Waals surface area contributed by atoms with Crippen LogP contribution in [0, 0.1) is 5.92 Å². The molecule has 0 aromatic heterocycles. The lowest BCUT2D eigenvalue weighted by atomic mass is 9.83. The van der Waals surface area contributed by atoms with Gasteiger partial charge in [0.1, 0.15) is 5.75 Å². The molecule has 150 valence electrons. The fourth-order valence-electron chi connectivity index (χ4n) is 4.45. The number of methoxy groups -OCH3 is 1. The number of nitrogens with zero attached hydrogens (tertiary/aromatic N) is 1. The molecule has 1 saturated heterocycles. The van der Waals surface area contributed by atoms with Crippen LogP contribution in [0.2, 0.25) is 0 Å². The molecular weight excluding hydrogens is 352 g/mol. The Morgan fingerprint density at radius 2 is 1.68 bits per heavy atom. The number of ether oxygens (including phenoxy) is 3. The zero-order chi connectivity index (χ0) is 19.6. The van der Waals surface area contributed by atoms with Crippen LogP contribution >= 0.6 is 0 Å². The van der Waals surface area contributed by atoms with E-state index in [4.69, 9.17) is 19.9 Å². The van der Waals surface area contributed by atoms with E-state index in [0.717, 1.165) is 61.7 Å². The molecule has 2 aliphatic heterocycles. The highest BCUT2D eigenvalue weighted by Crippen LogP contribution is 2.50. The highest BCUT2D eigenvalue weighted by Gasteiger charge is 2.51. The predicted molar refractivity (Wildman–Crippen MR) is 110 cm³/mol. The lowest BCUT2D eigenvalue weighted by Crippen LogP contribution is -2.50. The molecule has 1 fully saturated rings. The van der Waals surface area contributed by atoms with Crippen molar-refractivity contribution < 1.29 is 14.2 Å². The third-order valence-electron chi connectivity index (χ3n) is 6.14. The summed E-state index contributed by atoms with van der Waals surface area (Å²) in [4.78, 5) is 2.53. The molecule has 0 bridgehead atoms. The highest BCUT2D eigenvalue weighted by atomic mass is 16.7. The van der Waals surface area contributed by atoms with Crippen molar-refractivity contribution in [2.45, 2.75) is 38.0 Å². The zero-order valence-corrected chi connectivity index (χ0v) is 16.8. The molecule has 1 atom stereocenters. The summed E-state index contributed by atoms with van der Waals surface area (Å²) in [7, 11) is 1.68. The fraction of sp³-hybridized carbons (Fsp3) is 0.478. The second-order valence-electron chi connectivity index (χ2n) is 7.78. The summed E-state index contributed by atoms with van der Waals surface area (Å²) >= 11 is 0. The number of hydrogen-bond donors (Lipinski definition) is 1. The Morgan fingerprint density at radius 3 is 2.21 bits per heavy atom. The molecule has 2 aromatic carbocycles. The lowest BCUT2D eigenvalue weighted by Gasteiger charge is -2.42. The van der Waals surface area contributed by atoms with Gasteiger partial charge in [-0.05, 0) is 82.2 Å². The van der Waals surface area contributed by atoms with E-state index in [1.54, 1.807) is 7.11 Å². The monoisotopic (exact) mass is 382 g/mol. The molecule has 2 heterocycles. The van der Waals surface area contributed by atoms with Gasteiger partial charge < -0.3 is 24.8 Å². The smallest absolute Gasteiger partial charge is 0.281 e. The second kappa shape index (κ2) is 8.02. The Kier molecular flexibility index (Phi) is 5.47. The van der Waals surface area contributed by atoms with Gasteiger partial charge in [-0.1, -0.05) is 12.1 Å². The maximum absolute atomic E-state index is 6.54. The van der Waals surface area contributed by atoms with Crippen molar-refractivity contribution in [2.24, 2.45) is 11.7 Å². The van der Waals surface area contributed by atoms with Crippen LogP contribution in [0.3, 0.4) is 0 Å². The standard InChI is InChI=1S/C23H30N2O3/c1-17(11-14-24)25-15-12-19(13-16-25)23(18-7-9-20(26-2)10-8-18)27-21-5-3-4-6-22(21)28-23/h3-10,17,19H,11-16,24H2,1-2H3. The van der Waals surface area contributed by atoms with E-state index < -0.39 is 5.79 Å². The maximum atomic E-state index is 6.54. The van der Waals surface area contributed by atoms with Gasteiger partial charge in [-0.15, -0.1) is 0 Å². The summed E-state index contributed by atoms with van der Waals surface area (Å²) in [5.74, 6) is 1.96. The number of rotatable bonds is 6. The van der Waals surface area contributed by atoms with Gasteiger partial charge in [-0.3, -0.25) is 0 Å². The molecule has 0 spiro atoms. The van der Waals surface area contributed by atoms with Gasteiger partial charge in [0.15, 0.2) is 11.5 Å². The van der Waals surface area contributed by atoms with E-state index in [0.29, 0.717) is 6.04 Å². The molecule has 2 aliphatic rings. The van der Waals surface area contributed by atoms with Crippen LogP contribution in [-0.4, -0.2) is 37.7 Å². The first-order valence-electron chi connectivity index (χ1n) is 10.2. The van der Waals surface area contributed by atoms with E-state index in [-0.39, 0.29) is 5.92 Å². The van der Waals surface area contributed by atoms with E-state index in [9.17, 15) is 0 Å². The first-order chi connectivity index (χ1) is 13.7. The number of likely N-dealkylation sites (tertiary alicyclic amines) is 1. The predicted octanol–water partition coefficient (Wildman–Crippen LogP) is 3.77. The minimum Gasteiger partial charge on any atom is -0.497 e. The lowest BCUT2D eigenvalue weighted by molar-refractivity contribution is -0.149. The van der Waals surface area contributed by atoms with E-state index in [1.165, 1.54) is 0 Å². The van der Waals surface area contributed by atoms with Crippen molar-refractivity contribution in [3.05, 3.63) is 54.1 Å². The largest absolute Gasteiger partial charge is 0.497 e. The average Bonchev–Trinajstić information content (AvgIpc) is 3.15. The molecular formula is C23H30N2O3. The summed E-state index contributed by atoms with van der Waals surface area (Å²) in [6, 6.07) is 16.6.